The molecule has 1 aromatic carbocycles. The molecule has 2 N–H and O–H groups in total. The highest BCUT2D eigenvalue weighted by Gasteiger charge is 2.46. The zero-order chi connectivity index (χ0) is 20.1. The van der Waals surface area contributed by atoms with Crippen LogP contribution in [-0.2, 0) is 9.59 Å². The number of primary amides is 1. The van der Waals surface area contributed by atoms with Crippen LogP contribution in [0.2, 0.25) is 0 Å². The Morgan fingerprint density at radius 2 is 1.76 bits per heavy atom. The van der Waals surface area contributed by atoms with E-state index in [-0.39, 0.29) is 24.2 Å². The van der Waals surface area contributed by atoms with E-state index in [4.69, 9.17) is 5.73 Å². The molecule has 2 amide bonds. The average molecular weight is 400 g/mol. The summed E-state index contributed by atoms with van der Waals surface area (Å²) in [6, 6.07) is 5.35. The number of likely N-dealkylation sites (tertiary alicyclic amines) is 1. The first-order valence-corrected chi connectivity index (χ1v) is 11.2. The Morgan fingerprint density at radius 3 is 2.41 bits per heavy atom. The molecule has 0 aromatic heterocycles. The number of nitrogens with two attached hydrogens (primary N) is 1. The highest BCUT2D eigenvalue weighted by Crippen LogP contribution is 2.46. The number of nitrogens with zero attached hydrogens (tertiary/aromatic N) is 2. The number of anilines is 1. The van der Waals surface area contributed by atoms with Gasteiger partial charge in [-0.1, -0.05) is 6.42 Å². The Bertz CT molecular complexity index is 804. The predicted octanol–water partition coefficient (Wildman–Crippen LogP) is 3.17. The summed E-state index contributed by atoms with van der Waals surface area (Å²) in [7, 11) is 0. The second-order valence-corrected chi connectivity index (χ2v) is 9.42. The number of halogens is 1. The third-order valence-corrected chi connectivity index (χ3v) is 7.88. The van der Waals surface area contributed by atoms with Crippen molar-refractivity contribution in [2.45, 2.75) is 69.4 Å². The highest BCUT2D eigenvalue weighted by atomic mass is 19.1. The lowest BCUT2D eigenvalue weighted by Crippen LogP contribution is -2.52. The maximum Gasteiger partial charge on any atom is 0.235 e. The van der Waals surface area contributed by atoms with Gasteiger partial charge in [0.05, 0.1) is 5.92 Å². The molecule has 2 aliphatic heterocycles. The Hall–Kier alpha value is -1.95. The van der Waals surface area contributed by atoms with Crippen LogP contribution in [0.15, 0.2) is 18.2 Å². The van der Waals surface area contributed by atoms with E-state index in [1.807, 2.05) is 4.90 Å². The van der Waals surface area contributed by atoms with Crippen LogP contribution in [0.5, 0.6) is 0 Å². The SMILES string of the molecule is NC(=O)CC1C(=O)N(C2CCN(C3C4CCCC3CC4)CC2)c2ccc(F)cc21. The van der Waals surface area contributed by atoms with Gasteiger partial charge < -0.3 is 10.6 Å². The standard InChI is InChI=1S/C23H30FN3O2/c24-16-6-7-20-18(12-16)19(13-21(25)28)23(29)27(20)17-8-10-26(11-9-17)22-14-2-1-3-15(22)5-4-14/h6-7,12,14-15,17,19,22H,1-5,8-11,13H2,(H2,25,28). The minimum absolute atomic E-state index is 0.0595. The van der Waals surface area contributed by atoms with Gasteiger partial charge in [-0.25, -0.2) is 4.39 Å². The Morgan fingerprint density at radius 1 is 1.07 bits per heavy atom. The van der Waals surface area contributed by atoms with Crippen molar-refractivity contribution in [1.82, 2.24) is 4.90 Å². The summed E-state index contributed by atoms with van der Waals surface area (Å²) in [5.41, 5.74) is 6.75. The summed E-state index contributed by atoms with van der Waals surface area (Å²) in [4.78, 5) is 29.2. The zero-order valence-electron chi connectivity index (χ0n) is 16.9. The maximum absolute atomic E-state index is 13.9. The normalized spacial score (nSPS) is 32.6. The van der Waals surface area contributed by atoms with Crippen LogP contribution in [0.4, 0.5) is 10.1 Å². The second-order valence-electron chi connectivity index (χ2n) is 9.42. The van der Waals surface area contributed by atoms with Gasteiger partial charge in [0, 0.05) is 37.3 Å². The van der Waals surface area contributed by atoms with E-state index in [2.05, 4.69) is 4.90 Å². The van der Waals surface area contributed by atoms with E-state index in [1.54, 1.807) is 6.07 Å². The number of amides is 2. The van der Waals surface area contributed by atoms with Gasteiger partial charge in [0.15, 0.2) is 0 Å². The molecule has 1 aromatic rings. The Labute approximate surface area is 171 Å². The van der Waals surface area contributed by atoms with E-state index in [0.29, 0.717) is 5.56 Å². The summed E-state index contributed by atoms with van der Waals surface area (Å²) >= 11 is 0. The minimum atomic E-state index is -0.648. The van der Waals surface area contributed by atoms with E-state index in [9.17, 15) is 14.0 Å². The van der Waals surface area contributed by atoms with Crippen molar-refractivity contribution in [2.75, 3.05) is 18.0 Å². The van der Waals surface area contributed by atoms with Gasteiger partial charge >= 0.3 is 0 Å². The summed E-state index contributed by atoms with van der Waals surface area (Å²) in [6.45, 7) is 2.03. The molecule has 5 nitrogen and oxygen atoms in total. The topological polar surface area (TPSA) is 66.6 Å². The van der Waals surface area contributed by atoms with Gasteiger partial charge in [-0.15, -0.1) is 0 Å². The zero-order valence-corrected chi connectivity index (χ0v) is 16.9. The second kappa shape index (κ2) is 7.38. The number of benzene rings is 1. The molecule has 2 heterocycles. The van der Waals surface area contributed by atoms with Gasteiger partial charge in [0.25, 0.3) is 0 Å². The van der Waals surface area contributed by atoms with Gasteiger partial charge in [-0.3, -0.25) is 14.5 Å². The van der Waals surface area contributed by atoms with Crippen LogP contribution in [0.1, 0.15) is 62.8 Å². The molecule has 0 radical (unpaired) electrons. The number of hydrogen-bond acceptors (Lipinski definition) is 3. The van der Waals surface area contributed by atoms with Crippen LogP contribution in [0.25, 0.3) is 0 Å². The van der Waals surface area contributed by atoms with E-state index < -0.39 is 11.8 Å². The average Bonchev–Trinajstić information content (AvgIpc) is 3.11. The fourth-order valence-electron chi connectivity index (χ4n) is 6.68. The molecular formula is C23H30FN3O2. The summed E-state index contributed by atoms with van der Waals surface area (Å²) in [5, 5.41) is 0. The van der Waals surface area contributed by atoms with Gasteiger partial charge in [0.1, 0.15) is 5.82 Å². The molecule has 4 aliphatic rings. The van der Waals surface area contributed by atoms with Crippen LogP contribution in [-0.4, -0.2) is 41.9 Å². The maximum atomic E-state index is 13.9. The van der Waals surface area contributed by atoms with Crippen molar-refractivity contribution in [1.29, 1.82) is 0 Å². The van der Waals surface area contributed by atoms with E-state index >= 15 is 0 Å². The highest BCUT2D eigenvalue weighted by molar-refractivity contribution is 6.07. The molecule has 5 rings (SSSR count). The molecule has 2 bridgehead atoms. The quantitative estimate of drug-likeness (QED) is 0.846. The van der Waals surface area contributed by atoms with Gasteiger partial charge in [-0.2, -0.15) is 0 Å². The number of carbonyl (C=O) groups excluding carboxylic acids is 2. The smallest absolute Gasteiger partial charge is 0.235 e. The fourth-order valence-corrected chi connectivity index (χ4v) is 6.68. The van der Waals surface area contributed by atoms with Crippen LogP contribution in [0.3, 0.4) is 0 Å². The molecule has 3 unspecified atom stereocenters. The van der Waals surface area contributed by atoms with Crippen molar-refractivity contribution in [2.24, 2.45) is 17.6 Å². The summed E-state index contributed by atoms with van der Waals surface area (Å²) in [5.74, 6) is 0.0780. The molecule has 3 fully saturated rings. The fraction of sp³-hybridized carbons (Fsp3) is 0.652. The first-order chi connectivity index (χ1) is 14.0. The summed E-state index contributed by atoms with van der Waals surface area (Å²) < 4.78 is 13.9. The third kappa shape index (κ3) is 3.25. The molecule has 1 saturated heterocycles. The Kier molecular flexibility index (Phi) is 4.85. The molecule has 156 valence electrons. The molecule has 2 saturated carbocycles. The first kappa shape index (κ1) is 19.0. The lowest BCUT2D eigenvalue weighted by atomic mass is 9.82. The Balaban J connectivity index is 1.33. The van der Waals surface area contributed by atoms with Crippen LogP contribution in [0, 0.1) is 17.7 Å². The molecular weight excluding hydrogens is 369 g/mol. The van der Waals surface area contributed by atoms with E-state index in [0.717, 1.165) is 49.5 Å². The van der Waals surface area contributed by atoms with Crippen molar-refractivity contribution >= 4 is 17.5 Å². The van der Waals surface area contributed by atoms with Crippen molar-refractivity contribution in [3.05, 3.63) is 29.6 Å². The molecule has 29 heavy (non-hydrogen) atoms. The van der Waals surface area contributed by atoms with Crippen molar-refractivity contribution in [3.8, 4) is 0 Å². The van der Waals surface area contributed by atoms with Crippen molar-refractivity contribution in [3.63, 3.8) is 0 Å². The van der Waals surface area contributed by atoms with Crippen LogP contribution >= 0.6 is 0 Å². The van der Waals surface area contributed by atoms with Gasteiger partial charge in [-0.05, 0) is 74.1 Å². The third-order valence-electron chi connectivity index (χ3n) is 7.88. The summed E-state index contributed by atoms with van der Waals surface area (Å²) in [6.07, 6.45) is 8.71. The number of hydrogen-bond donors (Lipinski definition) is 1. The van der Waals surface area contributed by atoms with Crippen molar-refractivity contribution < 1.29 is 14.0 Å². The molecule has 0 spiro atoms. The van der Waals surface area contributed by atoms with Gasteiger partial charge in [0.2, 0.25) is 11.8 Å². The predicted molar refractivity (Wildman–Crippen MR) is 109 cm³/mol. The molecule has 3 atom stereocenters. The van der Waals surface area contributed by atoms with E-state index in [1.165, 1.54) is 44.2 Å². The largest absolute Gasteiger partial charge is 0.370 e. The first-order valence-electron chi connectivity index (χ1n) is 11.2. The number of rotatable bonds is 4. The monoisotopic (exact) mass is 399 g/mol. The lowest BCUT2D eigenvalue weighted by Gasteiger charge is -2.44. The lowest BCUT2D eigenvalue weighted by molar-refractivity contribution is -0.124. The minimum Gasteiger partial charge on any atom is -0.370 e. The molecule has 6 heteroatoms. The van der Waals surface area contributed by atoms with Crippen LogP contribution < -0.4 is 10.6 Å². The molecule has 2 aliphatic carbocycles. The number of carbonyl (C=O) groups is 2. The number of fused-ring (bicyclic) bond motifs is 3. The number of piperidine rings is 1.